The van der Waals surface area contributed by atoms with Crippen molar-refractivity contribution in [3.63, 3.8) is 0 Å². The van der Waals surface area contributed by atoms with Gasteiger partial charge < -0.3 is 4.57 Å². The third kappa shape index (κ3) is 3.74. The van der Waals surface area contributed by atoms with E-state index in [0.717, 1.165) is 23.2 Å². The predicted octanol–water partition coefficient (Wildman–Crippen LogP) is 4.48. The number of thiophene rings is 1. The summed E-state index contributed by atoms with van der Waals surface area (Å²) in [5.41, 5.74) is 1.31. The molecule has 0 bridgehead atoms. The Kier molecular flexibility index (Phi) is 5.23. The van der Waals surface area contributed by atoms with Gasteiger partial charge in [0.25, 0.3) is 0 Å². The van der Waals surface area contributed by atoms with Crippen molar-refractivity contribution in [2.75, 3.05) is 6.26 Å². The van der Waals surface area contributed by atoms with Gasteiger partial charge in [-0.2, -0.15) is 0 Å². The highest BCUT2D eigenvalue weighted by Crippen LogP contribution is 2.24. The van der Waals surface area contributed by atoms with Crippen LogP contribution in [0.5, 0.6) is 0 Å². The molecular weight excluding hydrogens is 330 g/mol. The van der Waals surface area contributed by atoms with Gasteiger partial charge in [0, 0.05) is 29.0 Å². The fourth-order valence-corrected chi connectivity index (χ4v) is 4.06. The summed E-state index contributed by atoms with van der Waals surface area (Å²) in [5, 5.41) is 11.7. The lowest BCUT2D eigenvalue weighted by atomic mass is 10.2. The second-order valence-electron chi connectivity index (χ2n) is 4.85. The summed E-state index contributed by atoms with van der Waals surface area (Å²) in [6, 6.07) is 12.9. The van der Waals surface area contributed by atoms with Crippen LogP contribution in [0.3, 0.4) is 0 Å². The van der Waals surface area contributed by atoms with Crippen LogP contribution in [0.25, 0.3) is 0 Å². The first-order valence-corrected chi connectivity index (χ1v) is 10.0. The highest BCUT2D eigenvalue weighted by Gasteiger charge is 2.10. The van der Waals surface area contributed by atoms with E-state index in [2.05, 4.69) is 62.8 Å². The molecule has 0 aliphatic carbocycles. The number of hydrogen-bond acceptors (Lipinski definition) is 5. The summed E-state index contributed by atoms with van der Waals surface area (Å²) in [4.78, 5) is 2.62. The zero-order valence-electron chi connectivity index (χ0n) is 12.5. The van der Waals surface area contributed by atoms with Crippen LogP contribution in [0.15, 0.2) is 51.8 Å². The van der Waals surface area contributed by atoms with Crippen LogP contribution in [-0.2, 0) is 19.2 Å². The monoisotopic (exact) mass is 347 g/mol. The highest BCUT2D eigenvalue weighted by molar-refractivity contribution is 7.98. The Labute approximate surface area is 143 Å². The molecule has 0 atom stereocenters. The van der Waals surface area contributed by atoms with Gasteiger partial charge in [0.2, 0.25) is 0 Å². The zero-order chi connectivity index (χ0) is 15.4. The van der Waals surface area contributed by atoms with Gasteiger partial charge in [0.05, 0.1) is 0 Å². The SMILES string of the molecule is CSc1ccc(CSc2nnc(Cc3cccs3)n2C)cc1. The van der Waals surface area contributed by atoms with E-state index >= 15 is 0 Å². The van der Waals surface area contributed by atoms with Crippen molar-refractivity contribution in [1.82, 2.24) is 14.8 Å². The third-order valence-corrected chi connectivity index (χ3v) is 6.08. The van der Waals surface area contributed by atoms with Crippen LogP contribution >= 0.6 is 34.9 Å². The lowest BCUT2D eigenvalue weighted by Crippen LogP contribution is -1.99. The predicted molar refractivity (Wildman–Crippen MR) is 95.9 cm³/mol. The number of aromatic nitrogens is 3. The van der Waals surface area contributed by atoms with Gasteiger partial charge in [-0.25, -0.2) is 0 Å². The first kappa shape index (κ1) is 15.6. The van der Waals surface area contributed by atoms with Crippen LogP contribution in [0.1, 0.15) is 16.3 Å². The van der Waals surface area contributed by atoms with Crippen LogP contribution in [0.2, 0.25) is 0 Å². The van der Waals surface area contributed by atoms with Crippen molar-refractivity contribution < 1.29 is 0 Å². The average Bonchev–Trinajstić information content (AvgIpc) is 3.18. The highest BCUT2D eigenvalue weighted by atomic mass is 32.2. The molecule has 1 aromatic carbocycles. The van der Waals surface area contributed by atoms with E-state index in [1.807, 2.05) is 7.05 Å². The van der Waals surface area contributed by atoms with E-state index in [-0.39, 0.29) is 0 Å². The first-order chi connectivity index (χ1) is 10.8. The van der Waals surface area contributed by atoms with Crippen molar-refractivity contribution in [2.24, 2.45) is 7.05 Å². The van der Waals surface area contributed by atoms with Crippen LogP contribution in [0, 0.1) is 0 Å². The number of thioether (sulfide) groups is 2. The van der Waals surface area contributed by atoms with Gasteiger partial charge in [-0.05, 0) is 35.4 Å². The van der Waals surface area contributed by atoms with Crippen molar-refractivity contribution in [3.05, 3.63) is 58.0 Å². The Morgan fingerprint density at radius 2 is 1.95 bits per heavy atom. The number of benzene rings is 1. The number of hydrogen-bond donors (Lipinski definition) is 0. The molecule has 3 aromatic rings. The topological polar surface area (TPSA) is 30.7 Å². The van der Waals surface area contributed by atoms with E-state index in [1.165, 1.54) is 15.3 Å². The van der Waals surface area contributed by atoms with Crippen LogP contribution in [-0.4, -0.2) is 21.0 Å². The minimum Gasteiger partial charge on any atom is -0.309 e. The fourth-order valence-electron chi connectivity index (χ4n) is 2.06. The molecule has 114 valence electrons. The third-order valence-electron chi connectivity index (χ3n) is 3.36. The molecule has 0 amide bonds. The van der Waals surface area contributed by atoms with Gasteiger partial charge in [-0.1, -0.05) is 30.0 Å². The van der Waals surface area contributed by atoms with Crippen molar-refractivity contribution >= 4 is 34.9 Å². The average molecular weight is 348 g/mol. The fraction of sp³-hybridized carbons (Fsp3) is 0.250. The molecule has 3 rings (SSSR count). The quantitative estimate of drug-likeness (QED) is 0.615. The lowest BCUT2D eigenvalue weighted by molar-refractivity contribution is 0.751. The first-order valence-electron chi connectivity index (χ1n) is 6.92. The standard InChI is InChI=1S/C16H17N3S3/c1-19-15(10-14-4-3-9-21-14)17-18-16(19)22-11-12-5-7-13(20-2)8-6-12/h3-9H,10-11H2,1-2H3. The molecule has 0 spiro atoms. The van der Waals surface area contributed by atoms with E-state index in [9.17, 15) is 0 Å². The van der Waals surface area contributed by atoms with Gasteiger partial charge in [-0.3, -0.25) is 0 Å². The van der Waals surface area contributed by atoms with Gasteiger partial charge in [0.1, 0.15) is 5.82 Å². The summed E-state index contributed by atoms with van der Waals surface area (Å²) < 4.78 is 2.10. The van der Waals surface area contributed by atoms with E-state index in [0.29, 0.717) is 0 Å². The second-order valence-corrected chi connectivity index (χ2v) is 7.71. The van der Waals surface area contributed by atoms with E-state index in [1.54, 1.807) is 34.9 Å². The maximum Gasteiger partial charge on any atom is 0.191 e. The molecule has 6 heteroatoms. The van der Waals surface area contributed by atoms with Crippen LogP contribution < -0.4 is 0 Å². The minimum atomic E-state index is 0.851. The molecule has 0 radical (unpaired) electrons. The Morgan fingerprint density at radius 3 is 2.64 bits per heavy atom. The summed E-state index contributed by atoms with van der Waals surface area (Å²) in [6.45, 7) is 0. The maximum absolute atomic E-state index is 4.33. The molecule has 0 saturated heterocycles. The molecule has 0 fully saturated rings. The summed E-state index contributed by atoms with van der Waals surface area (Å²) in [6.07, 6.45) is 2.95. The molecule has 0 N–H and O–H groups in total. The molecule has 0 aliphatic rings. The maximum atomic E-state index is 4.33. The Bertz CT molecular complexity index is 718. The van der Waals surface area contributed by atoms with Crippen molar-refractivity contribution in [2.45, 2.75) is 22.2 Å². The largest absolute Gasteiger partial charge is 0.309 e. The van der Waals surface area contributed by atoms with E-state index < -0.39 is 0 Å². The molecule has 2 heterocycles. The lowest BCUT2D eigenvalue weighted by Gasteiger charge is -2.04. The smallest absolute Gasteiger partial charge is 0.191 e. The van der Waals surface area contributed by atoms with Crippen molar-refractivity contribution in [3.8, 4) is 0 Å². The van der Waals surface area contributed by atoms with Gasteiger partial charge in [0.15, 0.2) is 5.16 Å². The minimum absolute atomic E-state index is 0.851. The molecule has 3 nitrogen and oxygen atoms in total. The van der Waals surface area contributed by atoms with Gasteiger partial charge in [-0.15, -0.1) is 33.3 Å². The molecule has 2 aromatic heterocycles. The summed E-state index contributed by atoms with van der Waals surface area (Å²) >= 11 is 5.26. The molecule has 22 heavy (non-hydrogen) atoms. The summed E-state index contributed by atoms with van der Waals surface area (Å²) in [5.74, 6) is 1.93. The second kappa shape index (κ2) is 7.35. The Morgan fingerprint density at radius 1 is 1.14 bits per heavy atom. The number of rotatable bonds is 6. The normalized spacial score (nSPS) is 11.0. The summed E-state index contributed by atoms with van der Waals surface area (Å²) in [7, 11) is 2.04. The number of nitrogens with zero attached hydrogens (tertiary/aromatic N) is 3. The Balaban J connectivity index is 1.64. The molecule has 0 unspecified atom stereocenters. The Hall–Kier alpha value is -1.24. The molecular formula is C16H17N3S3. The molecule has 0 saturated carbocycles. The molecule has 0 aliphatic heterocycles. The van der Waals surface area contributed by atoms with Crippen LogP contribution in [0.4, 0.5) is 0 Å². The van der Waals surface area contributed by atoms with Crippen molar-refractivity contribution in [1.29, 1.82) is 0 Å². The van der Waals surface area contributed by atoms with E-state index in [4.69, 9.17) is 0 Å². The zero-order valence-corrected chi connectivity index (χ0v) is 15.0. The van der Waals surface area contributed by atoms with Gasteiger partial charge >= 0.3 is 0 Å².